The highest BCUT2D eigenvalue weighted by molar-refractivity contribution is 7.19. The van der Waals surface area contributed by atoms with Crippen molar-refractivity contribution in [3.8, 4) is 5.75 Å². The number of anilines is 2. The van der Waals surface area contributed by atoms with Crippen LogP contribution in [0.5, 0.6) is 5.75 Å². The topological polar surface area (TPSA) is 76.4 Å². The number of carbonyl (C=O) groups is 1. The van der Waals surface area contributed by atoms with Crippen LogP contribution < -0.4 is 21.1 Å². The molecule has 0 unspecified atom stereocenters. The fourth-order valence-corrected chi connectivity index (χ4v) is 2.69. The fourth-order valence-electron chi connectivity index (χ4n) is 1.69. The molecule has 0 atom stereocenters. The van der Waals surface area contributed by atoms with Gasteiger partial charge in [-0.1, -0.05) is 13.8 Å². The largest absolute Gasteiger partial charge is 0.492 e. The van der Waals surface area contributed by atoms with Crippen LogP contribution in [0.1, 0.15) is 36.4 Å². The summed E-state index contributed by atoms with van der Waals surface area (Å²) in [5, 5.41) is 7.06. The van der Waals surface area contributed by atoms with Crippen molar-refractivity contribution in [1.82, 2.24) is 5.32 Å². The molecule has 0 bridgehead atoms. The molecule has 1 saturated carbocycles. The van der Waals surface area contributed by atoms with Gasteiger partial charge in [-0.25, -0.2) is 0 Å². The summed E-state index contributed by atoms with van der Waals surface area (Å²) < 4.78 is 5.30. The van der Waals surface area contributed by atoms with Gasteiger partial charge < -0.3 is 21.1 Å². The van der Waals surface area contributed by atoms with Gasteiger partial charge in [0.05, 0.1) is 7.11 Å². The zero-order valence-corrected chi connectivity index (χ0v) is 12.4. The van der Waals surface area contributed by atoms with Gasteiger partial charge in [0.25, 0.3) is 5.91 Å². The Morgan fingerprint density at radius 1 is 1.53 bits per heavy atom. The summed E-state index contributed by atoms with van der Waals surface area (Å²) >= 11 is 1.36. The Balaban J connectivity index is 2.16. The minimum atomic E-state index is -0.0964. The van der Waals surface area contributed by atoms with Gasteiger partial charge in [-0.05, 0) is 18.8 Å². The Bertz CT molecular complexity index is 467. The predicted molar refractivity (Wildman–Crippen MR) is 79.1 cm³/mol. The third-order valence-electron chi connectivity index (χ3n) is 2.89. The van der Waals surface area contributed by atoms with E-state index in [2.05, 4.69) is 24.5 Å². The van der Waals surface area contributed by atoms with E-state index in [0.717, 1.165) is 24.4 Å². The average Bonchev–Trinajstić information content (AvgIpc) is 3.09. The number of rotatable bonds is 6. The zero-order chi connectivity index (χ0) is 14.0. The van der Waals surface area contributed by atoms with E-state index in [0.29, 0.717) is 28.3 Å². The zero-order valence-electron chi connectivity index (χ0n) is 11.6. The smallest absolute Gasteiger partial charge is 0.263 e. The van der Waals surface area contributed by atoms with Crippen molar-refractivity contribution in [2.75, 3.05) is 24.7 Å². The van der Waals surface area contributed by atoms with Crippen LogP contribution in [0, 0.1) is 5.92 Å². The van der Waals surface area contributed by atoms with Crippen LogP contribution in [0.4, 0.5) is 10.7 Å². The van der Waals surface area contributed by atoms with Gasteiger partial charge >= 0.3 is 0 Å². The van der Waals surface area contributed by atoms with Crippen molar-refractivity contribution in [3.63, 3.8) is 0 Å². The van der Waals surface area contributed by atoms with E-state index in [1.165, 1.54) is 11.3 Å². The minimum Gasteiger partial charge on any atom is -0.492 e. The fraction of sp³-hybridized carbons (Fsp3) is 0.615. The third-order valence-corrected chi connectivity index (χ3v) is 4.04. The lowest BCUT2D eigenvalue weighted by Crippen LogP contribution is -2.25. The number of methoxy groups -OCH3 is 1. The van der Waals surface area contributed by atoms with Gasteiger partial charge in [0.1, 0.15) is 15.6 Å². The molecule has 5 nitrogen and oxygen atoms in total. The summed E-state index contributed by atoms with van der Waals surface area (Å²) in [6.07, 6.45) is 2.12. The Morgan fingerprint density at radius 3 is 2.74 bits per heavy atom. The molecule has 1 aromatic rings. The molecule has 1 heterocycles. The third kappa shape index (κ3) is 3.32. The Labute approximate surface area is 117 Å². The van der Waals surface area contributed by atoms with Gasteiger partial charge in [0, 0.05) is 12.6 Å². The molecule has 1 aliphatic rings. The molecule has 106 valence electrons. The standard InChI is InChI=1S/C13H21N3O2S/c1-7(2)6-15-13-10(18-3)9(14)11(19-13)12(17)16-8-4-5-8/h7-8,15H,4-6,14H2,1-3H3,(H,16,17). The summed E-state index contributed by atoms with van der Waals surface area (Å²) in [5.74, 6) is 0.990. The van der Waals surface area contributed by atoms with Crippen LogP contribution in [-0.2, 0) is 0 Å². The van der Waals surface area contributed by atoms with E-state index in [4.69, 9.17) is 10.5 Å². The van der Waals surface area contributed by atoms with Gasteiger partial charge in [-0.15, -0.1) is 11.3 Å². The SMILES string of the molecule is COc1c(NCC(C)C)sc(C(=O)NC2CC2)c1N. The van der Waals surface area contributed by atoms with Crippen molar-refractivity contribution >= 4 is 27.9 Å². The van der Waals surface area contributed by atoms with Gasteiger partial charge in [0.15, 0.2) is 5.75 Å². The first kappa shape index (κ1) is 14.0. The van der Waals surface area contributed by atoms with Crippen molar-refractivity contribution in [1.29, 1.82) is 0 Å². The summed E-state index contributed by atoms with van der Waals surface area (Å²) in [6, 6.07) is 0.326. The van der Waals surface area contributed by atoms with Gasteiger partial charge in [-0.3, -0.25) is 4.79 Å². The molecule has 0 aliphatic heterocycles. The molecule has 2 rings (SSSR count). The Kier molecular flexibility index (Phi) is 4.19. The number of amides is 1. The lowest BCUT2D eigenvalue weighted by molar-refractivity contribution is 0.0956. The summed E-state index contributed by atoms with van der Waals surface area (Å²) in [4.78, 5) is 12.6. The molecular formula is C13H21N3O2S. The number of hydrogen-bond donors (Lipinski definition) is 3. The Hall–Kier alpha value is -1.43. The van der Waals surface area contributed by atoms with E-state index in [1.807, 2.05) is 0 Å². The molecule has 4 N–H and O–H groups in total. The predicted octanol–water partition coefficient (Wildman–Crippen LogP) is 2.30. The van der Waals surface area contributed by atoms with Crippen molar-refractivity contribution in [3.05, 3.63) is 4.88 Å². The summed E-state index contributed by atoms with van der Waals surface area (Å²) in [6.45, 7) is 5.06. The van der Waals surface area contributed by atoms with Crippen LogP contribution in [-0.4, -0.2) is 25.6 Å². The summed E-state index contributed by atoms with van der Waals surface area (Å²) in [5.41, 5.74) is 6.43. The highest BCUT2D eigenvalue weighted by Gasteiger charge is 2.27. The van der Waals surface area contributed by atoms with E-state index < -0.39 is 0 Å². The van der Waals surface area contributed by atoms with Crippen molar-refractivity contribution < 1.29 is 9.53 Å². The van der Waals surface area contributed by atoms with Gasteiger partial charge in [0.2, 0.25) is 0 Å². The first-order valence-electron chi connectivity index (χ1n) is 6.54. The first-order chi connectivity index (χ1) is 9.02. The lowest BCUT2D eigenvalue weighted by atomic mass is 10.2. The molecule has 1 amide bonds. The van der Waals surface area contributed by atoms with E-state index in [-0.39, 0.29) is 5.91 Å². The molecule has 19 heavy (non-hydrogen) atoms. The average molecular weight is 283 g/mol. The Morgan fingerprint density at radius 2 is 2.21 bits per heavy atom. The van der Waals surface area contributed by atoms with Crippen molar-refractivity contribution in [2.24, 2.45) is 5.92 Å². The molecule has 0 spiro atoms. The van der Waals surface area contributed by atoms with E-state index >= 15 is 0 Å². The molecule has 1 aromatic heterocycles. The molecule has 0 radical (unpaired) electrons. The molecular weight excluding hydrogens is 262 g/mol. The van der Waals surface area contributed by atoms with Crippen LogP contribution in [0.25, 0.3) is 0 Å². The normalized spacial score (nSPS) is 14.5. The number of hydrogen-bond acceptors (Lipinski definition) is 5. The molecule has 1 fully saturated rings. The summed E-state index contributed by atoms with van der Waals surface area (Å²) in [7, 11) is 1.57. The quantitative estimate of drug-likeness (QED) is 0.748. The molecule has 0 saturated heterocycles. The first-order valence-corrected chi connectivity index (χ1v) is 7.35. The second-order valence-corrected chi connectivity index (χ2v) is 6.25. The van der Waals surface area contributed by atoms with Crippen LogP contribution in [0.15, 0.2) is 0 Å². The highest BCUT2D eigenvalue weighted by Crippen LogP contribution is 2.42. The highest BCUT2D eigenvalue weighted by atomic mass is 32.1. The monoisotopic (exact) mass is 283 g/mol. The van der Waals surface area contributed by atoms with Gasteiger partial charge in [-0.2, -0.15) is 0 Å². The van der Waals surface area contributed by atoms with Crippen LogP contribution >= 0.6 is 11.3 Å². The maximum absolute atomic E-state index is 12.1. The molecule has 0 aromatic carbocycles. The molecule has 1 aliphatic carbocycles. The number of carbonyl (C=O) groups excluding carboxylic acids is 1. The van der Waals surface area contributed by atoms with E-state index in [1.54, 1.807) is 7.11 Å². The van der Waals surface area contributed by atoms with Crippen molar-refractivity contribution in [2.45, 2.75) is 32.7 Å². The maximum Gasteiger partial charge on any atom is 0.263 e. The second kappa shape index (κ2) is 5.69. The minimum absolute atomic E-state index is 0.0964. The molecule has 6 heteroatoms. The number of thiophene rings is 1. The van der Waals surface area contributed by atoms with Crippen LogP contribution in [0.2, 0.25) is 0 Å². The number of nitrogen functional groups attached to an aromatic ring is 1. The number of nitrogens with two attached hydrogens (primary N) is 1. The van der Waals surface area contributed by atoms with E-state index in [9.17, 15) is 4.79 Å². The second-order valence-electron chi connectivity index (χ2n) is 5.23. The lowest BCUT2D eigenvalue weighted by Gasteiger charge is -2.08. The number of ether oxygens (including phenoxy) is 1. The maximum atomic E-state index is 12.1. The van der Waals surface area contributed by atoms with Crippen LogP contribution in [0.3, 0.4) is 0 Å². The number of nitrogens with one attached hydrogen (secondary N) is 2.